The number of rotatable bonds is 8. The molecule has 31 heavy (non-hydrogen) atoms. The summed E-state index contributed by atoms with van der Waals surface area (Å²) in [5.74, 6) is -2.69. The zero-order valence-corrected chi connectivity index (χ0v) is 16.7. The van der Waals surface area contributed by atoms with Crippen LogP contribution in [0.1, 0.15) is 0 Å². The zero-order valence-electron chi connectivity index (χ0n) is 15.0. The molecule has 1 fully saturated rings. The van der Waals surface area contributed by atoms with Crippen LogP contribution in [0.4, 0.5) is 0 Å². The van der Waals surface area contributed by atoms with Gasteiger partial charge in [0.2, 0.25) is 12.0 Å². The van der Waals surface area contributed by atoms with Crippen LogP contribution in [0.25, 0.3) is 0 Å². The van der Waals surface area contributed by atoms with Gasteiger partial charge in [0.15, 0.2) is 12.4 Å². The topological polar surface area (TPSA) is 276 Å². The lowest BCUT2D eigenvalue weighted by molar-refractivity contribution is -0.303. The molecule has 2 rings (SSSR count). The van der Waals surface area contributed by atoms with Crippen LogP contribution in [-0.4, -0.2) is 113 Å². The lowest BCUT2D eigenvalue weighted by Gasteiger charge is -2.44. The molecule has 0 saturated carbocycles. The molecule has 180 valence electrons. The maximum absolute atomic E-state index is 11.1. The van der Waals surface area contributed by atoms with E-state index < -0.39 is 88.2 Å². The van der Waals surface area contributed by atoms with Gasteiger partial charge in [0, 0.05) is 0 Å². The van der Waals surface area contributed by atoms with E-state index in [1.54, 1.807) is 0 Å². The fourth-order valence-corrected chi connectivity index (χ4v) is 3.90. The second-order valence-corrected chi connectivity index (χ2v) is 8.49. The lowest BCUT2D eigenvalue weighted by Crippen LogP contribution is -2.66. The van der Waals surface area contributed by atoms with Crippen molar-refractivity contribution < 1.29 is 74.7 Å². The molecule has 0 amide bonds. The van der Waals surface area contributed by atoms with Crippen LogP contribution in [-0.2, 0) is 43.9 Å². The highest BCUT2D eigenvalue weighted by Crippen LogP contribution is 2.29. The van der Waals surface area contributed by atoms with Gasteiger partial charge >= 0.3 is 26.7 Å². The molecule has 0 aromatic rings. The minimum absolute atomic E-state index is 0.516. The predicted octanol–water partition coefficient (Wildman–Crippen LogP) is -4.92. The first-order chi connectivity index (χ1) is 14.1. The van der Waals surface area contributed by atoms with Gasteiger partial charge in [0.1, 0.15) is 30.5 Å². The number of hydrogen-bond donors (Lipinski definition) is 8. The Morgan fingerprint density at radius 1 is 1.13 bits per heavy atom. The highest BCUT2D eigenvalue weighted by molar-refractivity contribution is 7.83. The van der Waals surface area contributed by atoms with Crippen LogP contribution in [0.5, 0.6) is 0 Å². The monoisotopic (exact) mass is 497 g/mol. The fourth-order valence-electron chi connectivity index (χ4n) is 2.82. The smallest absolute Gasteiger partial charge is 0.397 e. The third-order valence-corrected chi connectivity index (χ3v) is 5.10. The molecular weight excluding hydrogens is 478 g/mol. The van der Waals surface area contributed by atoms with Gasteiger partial charge in [-0.2, -0.15) is 21.6 Å². The summed E-state index contributed by atoms with van der Waals surface area (Å²) in [6.45, 7) is -0.974. The predicted molar refractivity (Wildman–Crippen MR) is 90.3 cm³/mol. The average Bonchev–Trinajstić information content (AvgIpc) is 2.61. The van der Waals surface area contributed by atoms with Crippen molar-refractivity contribution in [2.45, 2.75) is 49.1 Å². The summed E-state index contributed by atoms with van der Waals surface area (Å²) >= 11 is 0. The van der Waals surface area contributed by atoms with Crippen molar-refractivity contribution in [3.63, 3.8) is 0 Å². The number of aliphatic hydroxyl groups excluding tert-OH is 4. The van der Waals surface area contributed by atoms with Crippen molar-refractivity contribution >= 4 is 26.7 Å². The standard InChI is InChI=1S/C12H19NO16S2/c14-2-5-9(7(16)6(11(19)26-5)13-30(20,21)22)28-12-8(29-31(23,24)25)3(15)1-4(27-12)10(17)18/h1,3,5-9,11-16,19H,2H2,(H,17,18)(H,20,21,22)(H,23,24,25)/t3-,5+,6+,7+,8-,9+,11?,12+/m0/s1. The van der Waals surface area contributed by atoms with E-state index >= 15 is 0 Å². The van der Waals surface area contributed by atoms with Crippen LogP contribution in [0.15, 0.2) is 11.8 Å². The molecule has 1 saturated heterocycles. The summed E-state index contributed by atoms with van der Waals surface area (Å²) in [7, 11) is -10.2. The Morgan fingerprint density at radius 3 is 2.23 bits per heavy atom. The number of aliphatic hydroxyl groups is 4. The molecule has 0 aliphatic carbocycles. The maximum atomic E-state index is 11.1. The first-order valence-electron chi connectivity index (χ1n) is 8.11. The highest BCUT2D eigenvalue weighted by Gasteiger charge is 2.50. The zero-order chi connectivity index (χ0) is 23.7. The molecule has 17 nitrogen and oxygen atoms in total. The molecule has 2 aliphatic heterocycles. The van der Waals surface area contributed by atoms with Crippen molar-refractivity contribution in [3.05, 3.63) is 11.8 Å². The third-order valence-electron chi connectivity index (χ3n) is 4.06. The van der Waals surface area contributed by atoms with E-state index in [2.05, 4.69) is 4.18 Å². The average molecular weight is 497 g/mol. The second kappa shape index (κ2) is 9.56. The van der Waals surface area contributed by atoms with E-state index in [0.29, 0.717) is 6.08 Å². The van der Waals surface area contributed by atoms with Crippen molar-refractivity contribution in [3.8, 4) is 0 Å². The number of ether oxygens (including phenoxy) is 3. The quantitative estimate of drug-likeness (QED) is 0.146. The first-order valence-corrected chi connectivity index (χ1v) is 10.9. The van der Waals surface area contributed by atoms with Crippen LogP contribution in [0, 0.1) is 0 Å². The van der Waals surface area contributed by atoms with E-state index in [9.17, 15) is 42.1 Å². The summed E-state index contributed by atoms with van der Waals surface area (Å²) in [6.07, 6.45) is -13.6. The summed E-state index contributed by atoms with van der Waals surface area (Å²) in [4.78, 5) is 11.1. The second-order valence-electron chi connectivity index (χ2n) is 6.26. The fraction of sp³-hybridized carbons (Fsp3) is 0.750. The van der Waals surface area contributed by atoms with Crippen molar-refractivity contribution in [1.29, 1.82) is 0 Å². The van der Waals surface area contributed by atoms with Crippen LogP contribution < -0.4 is 4.72 Å². The van der Waals surface area contributed by atoms with Crippen molar-refractivity contribution in [2.75, 3.05) is 6.61 Å². The number of hydrogen-bond acceptors (Lipinski definition) is 13. The molecule has 0 bridgehead atoms. The number of carboxylic acids is 1. The van der Waals surface area contributed by atoms with Gasteiger partial charge in [-0.25, -0.2) is 8.98 Å². The van der Waals surface area contributed by atoms with Crippen LogP contribution in [0.2, 0.25) is 0 Å². The number of aliphatic carboxylic acids is 1. The van der Waals surface area contributed by atoms with Gasteiger partial charge < -0.3 is 39.7 Å². The first kappa shape index (κ1) is 25.8. The Hall–Kier alpha value is -1.49. The van der Waals surface area contributed by atoms with Gasteiger partial charge in [-0.05, 0) is 6.08 Å². The van der Waals surface area contributed by atoms with E-state index in [0.717, 1.165) is 0 Å². The number of nitrogens with one attached hydrogen (secondary N) is 1. The molecule has 19 heteroatoms. The van der Waals surface area contributed by atoms with Gasteiger partial charge in [-0.15, -0.1) is 0 Å². The maximum Gasteiger partial charge on any atom is 0.397 e. The summed E-state index contributed by atoms with van der Waals surface area (Å²) in [5, 5.41) is 48.6. The molecule has 0 spiro atoms. The van der Waals surface area contributed by atoms with E-state index in [4.69, 9.17) is 28.4 Å². The number of carboxylic acid groups (broad SMARTS) is 1. The summed E-state index contributed by atoms with van der Waals surface area (Å²) < 4.78 is 82.5. The molecule has 2 aliphatic rings. The molecular formula is C12H19NO16S2. The largest absolute Gasteiger partial charge is 0.475 e. The molecule has 1 unspecified atom stereocenters. The highest BCUT2D eigenvalue weighted by atomic mass is 32.3. The molecule has 0 radical (unpaired) electrons. The van der Waals surface area contributed by atoms with E-state index in [1.807, 2.05) is 0 Å². The van der Waals surface area contributed by atoms with Gasteiger partial charge in [-0.1, -0.05) is 0 Å². The van der Waals surface area contributed by atoms with Gasteiger partial charge in [0.25, 0.3) is 0 Å². The molecule has 2 heterocycles. The minimum Gasteiger partial charge on any atom is -0.475 e. The Balaban J connectivity index is 2.36. The summed E-state index contributed by atoms with van der Waals surface area (Å²) in [6, 6.07) is -1.98. The molecule has 8 N–H and O–H groups in total. The Labute approximate surface area is 174 Å². The van der Waals surface area contributed by atoms with Crippen molar-refractivity contribution in [2.24, 2.45) is 0 Å². The Bertz CT molecular complexity index is 902. The van der Waals surface area contributed by atoms with E-state index in [1.165, 1.54) is 4.72 Å². The molecule has 0 aromatic heterocycles. The molecule has 8 atom stereocenters. The third kappa shape index (κ3) is 6.74. The summed E-state index contributed by atoms with van der Waals surface area (Å²) in [5.41, 5.74) is 0. The SMILES string of the molecule is O=C(O)C1=C[C@H](O)[C@H](OS(=O)(=O)O)[C@@H](O[C@H]2[C@H](O)[C@@H](NS(=O)(=O)O)C(O)O[C@@H]2CO)O1. The Kier molecular flexibility index (Phi) is 7.95. The van der Waals surface area contributed by atoms with Crippen LogP contribution >= 0.6 is 0 Å². The van der Waals surface area contributed by atoms with Gasteiger partial charge in [0.05, 0.1) is 6.61 Å². The minimum atomic E-state index is -5.25. The van der Waals surface area contributed by atoms with Crippen molar-refractivity contribution in [1.82, 2.24) is 4.72 Å². The van der Waals surface area contributed by atoms with E-state index in [-0.39, 0.29) is 0 Å². The Morgan fingerprint density at radius 2 is 1.74 bits per heavy atom. The van der Waals surface area contributed by atoms with Gasteiger partial charge in [-0.3, -0.25) is 9.11 Å². The lowest BCUT2D eigenvalue weighted by atomic mass is 9.97. The normalized spacial score (nSPS) is 37.0. The number of carbonyl (C=O) groups is 1. The molecule has 0 aromatic carbocycles. The van der Waals surface area contributed by atoms with Crippen LogP contribution in [0.3, 0.4) is 0 Å².